The summed E-state index contributed by atoms with van der Waals surface area (Å²) < 4.78 is 0. The van der Waals surface area contributed by atoms with Gasteiger partial charge in [0.05, 0.1) is 5.69 Å². The molecule has 0 unspecified atom stereocenters. The summed E-state index contributed by atoms with van der Waals surface area (Å²) in [6.45, 7) is 0. The van der Waals surface area contributed by atoms with Crippen LogP contribution in [-0.2, 0) is 0 Å². The molecule has 18 heavy (non-hydrogen) atoms. The third-order valence-corrected chi connectivity index (χ3v) is 4.64. The molecule has 1 aliphatic rings. The second-order valence-corrected chi connectivity index (χ2v) is 5.91. The molecule has 0 aliphatic heterocycles. The number of nitrogens with two attached hydrogens (primary N) is 1. The van der Waals surface area contributed by atoms with Crippen LogP contribution in [0.4, 0.5) is 0 Å². The van der Waals surface area contributed by atoms with Crippen LogP contribution in [-0.4, -0.2) is 11.0 Å². The average molecular weight is 258 g/mol. The Hall–Kier alpha value is -1.19. The van der Waals surface area contributed by atoms with Crippen molar-refractivity contribution in [2.24, 2.45) is 5.73 Å². The Morgan fingerprint density at radius 3 is 2.50 bits per heavy atom. The second kappa shape index (κ2) is 5.21. The molecule has 94 valence electrons. The van der Waals surface area contributed by atoms with Gasteiger partial charge in [0, 0.05) is 22.9 Å². The van der Waals surface area contributed by atoms with Crippen molar-refractivity contribution in [1.29, 1.82) is 0 Å². The zero-order chi connectivity index (χ0) is 12.4. The number of hydrogen-bond acceptors (Lipinski definition) is 3. The van der Waals surface area contributed by atoms with Crippen molar-refractivity contribution in [1.82, 2.24) is 4.98 Å². The molecular weight excluding hydrogens is 240 g/mol. The van der Waals surface area contributed by atoms with Gasteiger partial charge in [0.2, 0.25) is 0 Å². The highest BCUT2D eigenvalue weighted by Crippen LogP contribution is 2.34. The molecule has 0 bridgehead atoms. The number of nitrogens with zero attached hydrogens (tertiary/aromatic N) is 1. The quantitative estimate of drug-likeness (QED) is 0.890. The van der Waals surface area contributed by atoms with Gasteiger partial charge in [-0.15, -0.1) is 11.3 Å². The molecule has 1 aromatic carbocycles. The Labute approximate surface area is 112 Å². The van der Waals surface area contributed by atoms with E-state index >= 15 is 0 Å². The Balaban J connectivity index is 1.78. The first-order chi connectivity index (χ1) is 8.83. The monoisotopic (exact) mass is 258 g/mol. The van der Waals surface area contributed by atoms with Gasteiger partial charge in [0.15, 0.2) is 0 Å². The molecule has 1 saturated carbocycles. The largest absolute Gasteiger partial charge is 0.328 e. The second-order valence-electron chi connectivity index (χ2n) is 5.06. The number of benzene rings is 1. The van der Waals surface area contributed by atoms with Crippen LogP contribution in [0.5, 0.6) is 0 Å². The lowest BCUT2D eigenvalue weighted by molar-refractivity contribution is 0.391. The predicted molar refractivity (Wildman–Crippen MR) is 76.7 cm³/mol. The maximum Gasteiger partial charge on any atom is 0.123 e. The van der Waals surface area contributed by atoms with Gasteiger partial charge in [0.25, 0.3) is 0 Å². The van der Waals surface area contributed by atoms with E-state index in [1.54, 1.807) is 11.3 Å². The molecule has 0 spiro atoms. The van der Waals surface area contributed by atoms with Gasteiger partial charge in [-0.3, -0.25) is 0 Å². The number of hydrogen-bond donors (Lipinski definition) is 1. The first kappa shape index (κ1) is 11.9. The molecule has 0 radical (unpaired) electrons. The topological polar surface area (TPSA) is 38.9 Å². The highest BCUT2D eigenvalue weighted by Gasteiger charge is 2.22. The number of aromatic nitrogens is 1. The van der Waals surface area contributed by atoms with Crippen molar-refractivity contribution in [3.05, 3.63) is 41.4 Å². The molecule has 3 rings (SSSR count). The normalized spacial score (nSPS) is 24.1. The van der Waals surface area contributed by atoms with Crippen molar-refractivity contribution in [3.63, 3.8) is 0 Å². The van der Waals surface area contributed by atoms with E-state index < -0.39 is 0 Å². The molecule has 2 N–H and O–H groups in total. The van der Waals surface area contributed by atoms with Crippen LogP contribution < -0.4 is 5.73 Å². The maximum atomic E-state index is 5.95. The van der Waals surface area contributed by atoms with Crippen LogP contribution >= 0.6 is 11.3 Å². The van der Waals surface area contributed by atoms with Crippen LogP contribution in [0.25, 0.3) is 10.6 Å². The van der Waals surface area contributed by atoms with E-state index in [2.05, 4.69) is 29.6 Å². The Morgan fingerprint density at radius 2 is 1.78 bits per heavy atom. The summed E-state index contributed by atoms with van der Waals surface area (Å²) >= 11 is 1.75. The van der Waals surface area contributed by atoms with Gasteiger partial charge < -0.3 is 5.73 Å². The van der Waals surface area contributed by atoms with Crippen LogP contribution in [0.3, 0.4) is 0 Å². The lowest BCUT2D eigenvalue weighted by Crippen LogP contribution is -2.25. The fourth-order valence-corrected chi connectivity index (χ4v) is 3.51. The van der Waals surface area contributed by atoms with E-state index in [9.17, 15) is 0 Å². The SMILES string of the molecule is NC1CCC(c2csc(-c3ccccc3)n2)CC1. The van der Waals surface area contributed by atoms with E-state index in [-0.39, 0.29) is 0 Å². The van der Waals surface area contributed by atoms with Crippen LogP contribution in [0.15, 0.2) is 35.7 Å². The zero-order valence-corrected chi connectivity index (χ0v) is 11.2. The summed E-state index contributed by atoms with van der Waals surface area (Å²) in [5.41, 5.74) is 8.45. The fraction of sp³-hybridized carbons (Fsp3) is 0.400. The molecule has 1 aromatic heterocycles. The predicted octanol–water partition coefficient (Wildman–Crippen LogP) is 3.80. The Kier molecular flexibility index (Phi) is 3.43. The molecule has 0 amide bonds. The molecule has 0 saturated heterocycles. The molecule has 2 aromatic rings. The minimum absolute atomic E-state index is 0.411. The maximum absolute atomic E-state index is 5.95. The van der Waals surface area contributed by atoms with Crippen molar-refractivity contribution >= 4 is 11.3 Å². The molecule has 1 heterocycles. The van der Waals surface area contributed by atoms with Gasteiger partial charge >= 0.3 is 0 Å². The van der Waals surface area contributed by atoms with Crippen molar-refractivity contribution in [3.8, 4) is 10.6 Å². The van der Waals surface area contributed by atoms with Gasteiger partial charge in [0.1, 0.15) is 5.01 Å². The molecule has 0 atom stereocenters. The van der Waals surface area contributed by atoms with Crippen molar-refractivity contribution in [2.75, 3.05) is 0 Å². The summed E-state index contributed by atoms with van der Waals surface area (Å²) in [5, 5.41) is 3.37. The fourth-order valence-electron chi connectivity index (χ4n) is 2.60. The highest BCUT2D eigenvalue weighted by atomic mass is 32.1. The summed E-state index contributed by atoms with van der Waals surface area (Å²) in [4.78, 5) is 4.81. The molecule has 1 aliphatic carbocycles. The molecule has 3 heteroatoms. The minimum Gasteiger partial charge on any atom is -0.328 e. The van der Waals surface area contributed by atoms with E-state index in [4.69, 9.17) is 10.7 Å². The van der Waals surface area contributed by atoms with Gasteiger partial charge in [-0.2, -0.15) is 0 Å². The summed E-state index contributed by atoms with van der Waals surface area (Å²) in [6.07, 6.45) is 4.67. The lowest BCUT2D eigenvalue weighted by atomic mass is 9.85. The first-order valence-electron chi connectivity index (χ1n) is 6.59. The summed E-state index contributed by atoms with van der Waals surface area (Å²) in [5.74, 6) is 0.624. The average Bonchev–Trinajstić information content (AvgIpc) is 2.90. The van der Waals surface area contributed by atoms with E-state index in [1.807, 2.05) is 6.07 Å². The summed E-state index contributed by atoms with van der Waals surface area (Å²) in [7, 11) is 0. The molecule has 2 nitrogen and oxygen atoms in total. The molecule has 1 fully saturated rings. The van der Waals surface area contributed by atoms with Crippen molar-refractivity contribution < 1.29 is 0 Å². The van der Waals surface area contributed by atoms with E-state index in [0.717, 1.165) is 17.8 Å². The third kappa shape index (κ3) is 2.47. The Bertz CT molecular complexity index is 498. The van der Waals surface area contributed by atoms with Crippen molar-refractivity contribution in [2.45, 2.75) is 37.6 Å². The number of thiazole rings is 1. The van der Waals surface area contributed by atoms with Gasteiger partial charge in [-0.05, 0) is 25.7 Å². The van der Waals surface area contributed by atoms with Gasteiger partial charge in [-0.25, -0.2) is 4.98 Å². The highest BCUT2D eigenvalue weighted by molar-refractivity contribution is 7.13. The zero-order valence-electron chi connectivity index (χ0n) is 10.4. The smallest absolute Gasteiger partial charge is 0.123 e. The van der Waals surface area contributed by atoms with Gasteiger partial charge in [-0.1, -0.05) is 30.3 Å². The van der Waals surface area contributed by atoms with E-state index in [1.165, 1.54) is 24.1 Å². The lowest BCUT2D eigenvalue weighted by Gasteiger charge is -2.24. The Morgan fingerprint density at radius 1 is 1.06 bits per heavy atom. The standard InChI is InChI=1S/C15H18N2S/c16-13-8-6-11(7-9-13)14-10-18-15(17-14)12-4-2-1-3-5-12/h1-5,10-11,13H,6-9,16H2. The number of rotatable bonds is 2. The van der Waals surface area contributed by atoms with Crippen LogP contribution in [0, 0.1) is 0 Å². The summed E-state index contributed by atoms with van der Waals surface area (Å²) in [6, 6.07) is 10.8. The molecular formula is C15H18N2S. The minimum atomic E-state index is 0.411. The first-order valence-corrected chi connectivity index (χ1v) is 7.47. The van der Waals surface area contributed by atoms with E-state index in [0.29, 0.717) is 12.0 Å². The van der Waals surface area contributed by atoms with Crippen LogP contribution in [0.2, 0.25) is 0 Å². The van der Waals surface area contributed by atoms with Crippen LogP contribution in [0.1, 0.15) is 37.3 Å². The third-order valence-electron chi connectivity index (χ3n) is 3.73.